The Balaban J connectivity index is 2.84. The topological polar surface area (TPSA) is 23.5 Å². The summed E-state index contributed by atoms with van der Waals surface area (Å²) in [6.07, 6.45) is 5.38. The SMILES string of the molecule is CN1C=CC(C(C)(C)C)=CC1O. The zero-order valence-corrected chi connectivity index (χ0v) is 8.20. The fraction of sp³-hybridized carbons (Fsp3) is 0.600. The summed E-state index contributed by atoms with van der Waals surface area (Å²) in [7, 11) is 1.86. The van der Waals surface area contributed by atoms with E-state index in [-0.39, 0.29) is 5.41 Å². The van der Waals surface area contributed by atoms with E-state index in [2.05, 4.69) is 20.8 Å². The molecule has 0 aromatic carbocycles. The van der Waals surface area contributed by atoms with Gasteiger partial charge in [0.05, 0.1) is 0 Å². The van der Waals surface area contributed by atoms with Crippen LogP contribution in [-0.2, 0) is 0 Å². The van der Waals surface area contributed by atoms with Gasteiger partial charge < -0.3 is 10.0 Å². The number of rotatable bonds is 0. The summed E-state index contributed by atoms with van der Waals surface area (Å²) in [5, 5.41) is 9.51. The van der Waals surface area contributed by atoms with Gasteiger partial charge in [-0.1, -0.05) is 20.8 Å². The lowest BCUT2D eigenvalue weighted by atomic mass is 9.85. The van der Waals surface area contributed by atoms with Gasteiger partial charge in [0.1, 0.15) is 6.23 Å². The second kappa shape index (κ2) is 2.94. The minimum Gasteiger partial charge on any atom is -0.370 e. The van der Waals surface area contributed by atoms with Crippen molar-refractivity contribution in [3.8, 4) is 0 Å². The van der Waals surface area contributed by atoms with Crippen LogP contribution in [0.1, 0.15) is 20.8 Å². The van der Waals surface area contributed by atoms with Crippen molar-refractivity contribution in [1.82, 2.24) is 4.90 Å². The van der Waals surface area contributed by atoms with E-state index >= 15 is 0 Å². The lowest BCUT2D eigenvalue weighted by Crippen LogP contribution is -2.28. The van der Waals surface area contributed by atoms with Crippen LogP contribution in [0.3, 0.4) is 0 Å². The van der Waals surface area contributed by atoms with Crippen molar-refractivity contribution in [2.24, 2.45) is 5.41 Å². The summed E-state index contributed by atoms with van der Waals surface area (Å²) >= 11 is 0. The van der Waals surface area contributed by atoms with Crippen LogP contribution in [0.15, 0.2) is 23.9 Å². The van der Waals surface area contributed by atoms with Crippen LogP contribution in [0.25, 0.3) is 0 Å². The second-order valence-corrected chi connectivity index (χ2v) is 4.27. The van der Waals surface area contributed by atoms with Gasteiger partial charge in [-0.25, -0.2) is 0 Å². The molecule has 1 heterocycles. The van der Waals surface area contributed by atoms with Gasteiger partial charge in [-0.2, -0.15) is 0 Å². The summed E-state index contributed by atoms with van der Waals surface area (Å²) in [4.78, 5) is 1.77. The fourth-order valence-electron chi connectivity index (χ4n) is 1.12. The van der Waals surface area contributed by atoms with E-state index in [1.807, 2.05) is 25.4 Å². The number of allylic oxidation sites excluding steroid dienone is 2. The lowest BCUT2D eigenvalue weighted by molar-refractivity contribution is 0.0947. The Hall–Kier alpha value is -0.760. The highest BCUT2D eigenvalue weighted by molar-refractivity contribution is 5.28. The first-order valence-corrected chi connectivity index (χ1v) is 4.22. The number of hydrogen-bond donors (Lipinski definition) is 1. The second-order valence-electron chi connectivity index (χ2n) is 4.27. The predicted molar refractivity (Wildman–Crippen MR) is 50.4 cm³/mol. The Morgan fingerprint density at radius 1 is 1.42 bits per heavy atom. The highest BCUT2D eigenvalue weighted by atomic mass is 16.3. The van der Waals surface area contributed by atoms with E-state index in [9.17, 15) is 5.11 Å². The lowest BCUT2D eigenvalue weighted by Gasteiger charge is -2.29. The minimum absolute atomic E-state index is 0.124. The molecule has 0 fully saturated rings. The molecule has 1 aliphatic rings. The molecular weight excluding hydrogens is 150 g/mol. The molecule has 0 bridgehead atoms. The Morgan fingerprint density at radius 2 is 2.00 bits per heavy atom. The molecule has 0 radical (unpaired) electrons. The van der Waals surface area contributed by atoms with Crippen molar-refractivity contribution in [3.63, 3.8) is 0 Å². The molecule has 0 aromatic heterocycles. The number of likely N-dealkylation sites (N-methyl/N-ethyl adjacent to an activating group) is 1. The van der Waals surface area contributed by atoms with Gasteiger partial charge in [-0.3, -0.25) is 0 Å². The van der Waals surface area contributed by atoms with E-state index in [0.29, 0.717) is 0 Å². The summed E-state index contributed by atoms with van der Waals surface area (Å²) in [5.41, 5.74) is 1.31. The Bertz CT molecular complexity index is 222. The molecular formula is C10H17NO. The van der Waals surface area contributed by atoms with E-state index in [1.54, 1.807) is 4.90 Å². The van der Waals surface area contributed by atoms with E-state index in [4.69, 9.17) is 0 Å². The third kappa shape index (κ3) is 1.89. The molecule has 1 N–H and O–H groups in total. The fourth-order valence-corrected chi connectivity index (χ4v) is 1.12. The number of hydrogen-bond acceptors (Lipinski definition) is 2. The molecule has 1 unspecified atom stereocenters. The van der Waals surface area contributed by atoms with E-state index in [1.165, 1.54) is 5.57 Å². The van der Waals surface area contributed by atoms with Gasteiger partial charge in [0, 0.05) is 13.2 Å². The third-order valence-electron chi connectivity index (χ3n) is 2.10. The van der Waals surface area contributed by atoms with Crippen LogP contribution in [0.2, 0.25) is 0 Å². The molecule has 0 saturated heterocycles. The molecule has 2 nitrogen and oxygen atoms in total. The molecule has 1 atom stereocenters. The standard InChI is InChI=1S/C10H17NO/c1-10(2,3)8-5-6-11(4)9(12)7-8/h5-7,9,12H,1-4H3. The maximum atomic E-state index is 9.51. The molecule has 1 aliphatic heterocycles. The number of aliphatic hydroxyl groups is 1. The van der Waals surface area contributed by atoms with Gasteiger partial charge in [0.25, 0.3) is 0 Å². The van der Waals surface area contributed by atoms with Crippen LogP contribution < -0.4 is 0 Å². The molecule has 0 amide bonds. The molecule has 1 rings (SSSR count). The highest BCUT2D eigenvalue weighted by Gasteiger charge is 2.19. The average molecular weight is 167 g/mol. The first-order valence-electron chi connectivity index (χ1n) is 4.22. The molecule has 0 aliphatic carbocycles. The Kier molecular flexibility index (Phi) is 2.29. The third-order valence-corrected chi connectivity index (χ3v) is 2.10. The maximum Gasteiger partial charge on any atom is 0.146 e. The quantitative estimate of drug-likeness (QED) is 0.594. The average Bonchev–Trinajstić information content (AvgIpc) is 1.92. The largest absolute Gasteiger partial charge is 0.370 e. The minimum atomic E-state index is -0.468. The van der Waals surface area contributed by atoms with E-state index in [0.717, 1.165) is 0 Å². The summed E-state index contributed by atoms with van der Waals surface area (Å²) in [6.45, 7) is 6.42. The molecule has 0 aromatic rings. The first-order chi connectivity index (χ1) is 5.41. The molecule has 12 heavy (non-hydrogen) atoms. The van der Waals surface area contributed by atoms with Crippen LogP contribution >= 0.6 is 0 Å². The monoisotopic (exact) mass is 167 g/mol. The van der Waals surface area contributed by atoms with Crippen LogP contribution in [0, 0.1) is 5.41 Å². The molecule has 68 valence electrons. The van der Waals surface area contributed by atoms with Crippen molar-refractivity contribution >= 4 is 0 Å². The van der Waals surface area contributed by atoms with Gasteiger partial charge in [-0.05, 0) is 23.1 Å². The van der Waals surface area contributed by atoms with Gasteiger partial charge in [0.2, 0.25) is 0 Å². The summed E-state index contributed by atoms with van der Waals surface area (Å²) < 4.78 is 0. The normalized spacial score (nSPS) is 24.2. The molecule has 0 spiro atoms. The molecule has 0 saturated carbocycles. The predicted octanol–water partition coefficient (Wildman–Crippen LogP) is 1.74. The van der Waals surface area contributed by atoms with Gasteiger partial charge >= 0.3 is 0 Å². The Morgan fingerprint density at radius 3 is 2.42 bits per heavy atom. The first kappa shape index (κ1) is 9.33. The van der Waals surface area contributed by atoms with E-state index < -0.39 is 6.23 Å². The van der Waals surface area contributed by atoms with Crippen molar-refractivity contribution in [2.75, 3.05) is 7.05 Å². The smallest absolute Gasteiger partial charge is 0.146 e. The Labute approximate surface area is 74.2 Å². The van der Waals surface area contributed by atoms with Crippen molar-refractivity contribution in [1.29, 1.82) is 0 Å². The summed E-state index contributed by atoms with van der Waals surface area (Å²) in [6, 6.07) is 0. The van der Waals surface area contributed by atoms with Crippen LogP contribution in [-0.4, -0.2) is 23.3 Å². The number of nitrogens with zero attached hydrogens (tertiary/aromatic N) is 1. The van der Waals surface area contributed by atoms with Gasteiger partial charge in [-0.15, -0.1) is 0 Å². The van der Waals surface area contributed by atoms with Crippen LogP contribution in [0.5, 0.6) is 0 Å². The highest BCUT2D eigenvalue weighted by Crippen LogP contribution is 2.28. The van der Waals surface area contributed by atoms with Gasteiger partial charge in [0.15, 0.2) is 0 Å². The summed E-state index contributed by atoms with van der Waals surface area (Å²) in [5.74, 6) is 0. The van der Waals surface area contributed by atoms with Crippen molar-refractivity contribution in [3.05, 3.63) is 23.9 Å². The maximum absolute atomic E-state index is 9.51. The van der Waals surface area contributed by atoms with Crippen molar-refractivity contribution in [2.45, 2.75) is 27.0 Å². The van der Waals surface area contributed by atoms with Crippen LogP contribution in [0.4, 0.5) is 0 Å². The van der Waals surface area contributed by atoms with Crippen molar-refractivity contribution < 1.29 is 5.11 Å². The molecule has 2 heteroatoms. The zero-order chi connectivity index (χ0) is 9.35. The number of aliphatic hydroxyl groups excluding tert-OH is 1. The zero-order valence-electron chi connectivity index (χ0n) is 8.20.